The lowest BCUT2D eigenvalue weighted by molar-refractivity contribution is 0.335. The molecule has 0 aliphatic carbocycles. The van der Waals surface area contributed by atoms with Crippen molar-refractivity contribution in [2.45, 2.75) is 65.0 Å². The van der Waals surface area contributed by atoms with Crippen molar-refractivity contribution < 1.29 is 0 Å². The van der Waals surface area contributed by atoms with E-state index in [1.165, 1.54) is 0 Å². The Morgan fingerprint density at radius 3 is 2.31 bits per heavy atom. The minimum Gasteiger partial charge on any atom is -0.297 e. The molecule has 0 aromatic carbocycles. The predicted molar refractivity (Wildman–Crippen MR) is 56.4 cm³/mol. The van der Waals surface area contributed by atoms with Crippen LogP contribution in [-0.4, -0.2) is 11.6 Å². The maximum Gasteiger partial charge on any atom is 0.106 e. The molecule has 0 rings (SSSR count). The van der Waals surface area contributed by atoms with Gasteiger partial charge >= 0.3 is 0 Å². The predicted octanol–water partition coefficient (Wildman–Crippen LogP) is 2.85. The Morgan fingerprint density at radius 1 is 1.38 bits per heavy atom. The quantitative estimate of drug-likeness (QED) is 0.685. The summed E-state index contributed by atoms with van der Waals surface area (Å²) in [6.45, 7) is 8.42. The highest BCUT2D eigenvalue weighted by molar-refractivity contribution is 5.06. The van der Waals surface area contributed by atoms with Gasteiger partial charge in [0.25, 0.3) is 0 Å². The zero-order valence-electron chi connectivity index (χ0n) is 9.35. The molecule has 76 valence electrons. The van der Waals surface area contributed by atoms with Crippen molar-refractivity contribution in [2.24, 2.45) is 0 Å². The lowest BCUT2D eigenvalue weighted by atomic mass is 9.90. The molecule has 0 amide bonds. The average Bonchev–Trinajstić information content (AvgIpc) is 2.12. The Balaban J connectivity index is 4.24. The maximum absolute atomic E-state index is 9.14. The first kappa shape index (κ1) is 12.4. The van der Waals surface area contributed by atoms with Crippen molar-refractivity contribution in [3.63, 3.8) is 0 Å². The molecule has 0 saturated carbocycles. The van der Waals surface area contributed by atoms with E-state index in [1.54, 1.807) is 0 Å². The van der Waals surface area contributed by atoms with Gasteiger partial charge in [0.05, 0.1) is 6.07 Å². The van der Waals surface area contributed by atoms with E-state index >= 15 is 0 Å². The maximum atomic E-state index is 9.14. The Labute approximate surface area is 82.3 Å². The van der Waals surface area contributed by atoms with E-state index in [-0.39, 0.29) is 5.54 Å². The van der Waals surface area contributed by atoms with Crippen molar-refractivity contribution in [2.75, 3.05) is 0 Å². The van der Waals surface area contributed by atoms with Crippen LogP contribution < -0.4 is 5.32 Å². The molecule has 2 heteroatoms. The van der Waals surface area contributed by atoms with Gasteiger partial charge in [-0.05, 0) is 26.7 Å². The van der Waals surface area contributed by atoms with Crippen LogP contribution in [0.5, 0.6) is 0 Å². The van der Waals surface area contributed by atoms with Crippen molar-refractivity contribution in [3.05, 3.63) is 0 Å². The third-order valence-electron chi connectivity index (χ3n) is 2.34. The summed E-state index contributed by atoms with van der Waals surface area (Å²) in [5.74, 6) is 0. The zero-order valence-corrected chi connectivity index (χ0v) is 9.35. The molecule has 0 aliphatic heterocycles. The molecule has 1 unspecified atom stereocenters. The third-order valence-corrected chi connectivity index (χ3v) is 2.34. The lowest BCUT2D eigenvalue weighted by Crippen LogP contribution is -2.47. The van der Waals surface area contributed by atoms with Crippen molar-refractivity contribution in [1.82, 2.24) is 5.32 Å². The largest absolute Gasteiger partial charge is 0.297 e. The van der Waals surface area contributed by atoms with Crippen LogP contribution >= 0.6 is 0 Å². The lowest BCUT2D eigenvalue weighted by Gasteiger charge is -2.28. The normalized spacial score (nSPS) is 15.4. The molecule has 2 nitrogen and oxygen atoms in total. The first-order chi connectivity index (χ1) is 6.10. The van der Waals surface area contributed by atoms with Crippen LogP contribution in [0.15, 0.2) is 0 Å². The topological polar surface area (TPSA) is 35.8 Å². The Kier molecular flexibility index (Phi) is 5.73. The smallest absolute Gasteiger partial charge is 0.106 e. The van der Waals surface area contributed by atoms with Gasteiger partial charge in [0.2, 0.25) is 0 Å². The molecular weight excluding hydrogens is 160 g/mol. The van der Waals surface area contributed by atoms with Gasteiger partial charge < -0.3 is 0 Å². The van der Waals surface area contributed by atoms with E-state index in [9.17, 15) is 0 Å². The summed E-state index contributed by atoms with van der Waals surface area (Å²) in [5, 5.41) is 12.5. The summed E-state index contributed by atoms with van der Waals surface area (Å²) in [6, 6.07) is 2.81. The van der Waals surface area contributed by atoms with Crippen LogP contribution in [0.2, 0.25) is 0 Å². The van der Waals surface area contributed by atoms with Gasteiger partial charge in [-0.3, -0.25) is 5.32 Å². The molecule has 0 aromatic heterocycles. The molecule has 1 atom stereocenters. The highest BCUT2D eigenvalue weighted by atomic mass is 15.0. The fourth-order valence-electron chi connectivity index (χ4n) is 1.55. The Morgan fingerprint density at radius 2 is 2.00 bits per heavy atom. The first-order valence-electron chi connectivity index (χ1n) is 5.29. The minimum absolute atomic E-state index is 0.288. The van der Waals surface area contributed by atoms with Crippen molar-refractivity contribution >= 4 is 0 Å². The number of nitrogens with one attached hydrogen (secondary N) is 1. The summed E-state index contributed by atoms with van der Waals surface area (Å²) in [6.07, 6.45) is 4.14. The van der Waals surface area contributed by atoms with Crippen LogP contribution in [-0.2, 0) is 0 Å². The molecule has 1 N–H and O–H groups in total. The monoisotopic (exact) mass is 182 g/mol. The van der Waals surface area contributed by atoms with E-state index in [2.05, 4.69) is 39.1 Å². The van der Waals surface area contributed by atoms with Gasteiger partial charge in [-0.2, -0.15) is 5.26 Å². The number of rotatable bonds is 6. The number of unbranched alkanes of at least 4 members (excludes halogenated alkanes) is 1. The van der Waals surface area contributed by atoms with Crippen LogP contribution in [0.1, 0.15) is 53.4 Å². The van der Waals surface area contributed by atoms with Gasteiger partial charge in [0.15, 0.2) is 0 Å². The van der Waals surface area contributed by atoms with Crippen LogP contribution in [0.3, 0.4) is 0 Å². The van der Waals surface area contributed by atoms with Crippen LogP contribution in [0, 0.1) is 11.3 Å². The molecule has 13 heavy (non-hydrogen) atoms. The number of hydrogen-bond donors (Lipinski definition) is 1. The number of hydrogen-bond acceptors (Lipinski definition) is 2. The van der Waals surface area contributed by atoms with Crippen LogP contribution in [0.4, 0.5) is 0 Å². The van der Waals surface area contributed by atoms with Gasteiger partial charge in [-0.25, -0.2) is 0 Å². The van der Waals surface area contributed by atoms with E-state index in [4.69, 9.17) is 5.26 Å². The molecule has 0 bridgehead atoms. The second-order valence-electron chi connectivity index (χ2n) is 3.95. The molecule has 0 heterocycles. The number of nitrogens with zero attached hydrogens (tertiary/aromatic N) is 1. The van der Waals surface area contributed by atoms with Gasteiger partial charge in [0.1, 0.15) is 5.54 Å². The fraction of sp³-hybridized carbons (Fsp3) is 0.909. The molecule has 0 spiro atoms. The standard InChI is InChI=1S/C11H22N2/c1-5-7-8-11(6-2,9-12)13-10(3)4/h10,13H,5-8H2,1-4H3. The first-order valence-corrected chi connectivity index (χ1v) is 5.29. The van der Waals surface area contributed by atoms with E-state index in [0.29, 0.717) is 6.04 Å². The Hall–Kier alpha value is -0.550. The summed E-state index contributed by atoms with van der Waals surface area (Å²) in [5.41, 5.74) is -0.288. The molecule has 0 radical (unpaired) electrons. The minimum atomic E-state index is -0.288. The SMILES string of the molecule is CCCCC(C#N)(CC)NC(C)C. The zero-order chi connectivity index (χ0) is 10.3. The highest BCUT2D eigenvalue weighted by Gasteiger charge is 2.27. The fourth-order valence-corrected chi connectivity index (χ4v) is 1.55. The van der Waals surface area contributed by atoms with E-state index in [0.717, 1.165) is 25.7 Å². The molecule has 0 aromatic rings. The molecular formula is C11H22N2. The second-order valence-corrected chi connectivity index (χ2v) is 3.95. The Bertz CT molecular complexity index is 169. The molecule has 0 aliphatic rings. The van der Waals surface area contributed by atoms with Gasteiger partial charge in [0, 0.05) is 6.04 Å². The van der Waals surface area contributed by atoms with Crippen molar-refractivity contribution in [1.29, 1.82) is 5.26 Å². The third kappa shape index (κ3) is 4.28. The van der Waals surface area contributed by atoms with Gasteiger partial charge in [-0.1, -0.05) is 26.7 Å². The van der Waals surface area contributed by atoms with E-state index in [1.807, 2.05) is 0 Å². The van der Waals surface area contributed by atoms with E-state index < -0.39 is 0 Å². The molecule has 0 fully saturated rings. The summed E-state index contributed by atoms with van der Waals surface area (Å²) >= 11 is 0. The summed E-state index contributed by atoms with van der Waals surface area (Å²) in [7, 11) is 0. The number of nitriles is 1. The highest BCUT2D eigenvalue weighted by Crippen LogP contribution is 2.18. The van der Waals surface area contributed by atoms with Gasteiger partial charge in [-0.15, -0.1) is 0 Å². The summed E-state index contributed by atoms with van der Waals surface area (Å²) in [4.78, 5) is 0. The van der Waals surface area contributed by atoms with Crippen LogP contribution in [0.25, 0.3) is 0 Å². The summed E-state index contributed by atoms with van der Waals surface area (Å²) < 4.78 is 0. The second kappa shape index (κ2) is 5.99. The average molecular weight is 182 g/mol. The molecule has 0 saturated heterocycles. The van der Waals surface area contributed by atoms with Crippen molar-refractivity contribution in [3.8, 4) is 6.07 Å².